The number of carbonyl (C=O) groups excluding carboxylic acids is 2. The van der Waals surface area contributed by atoms with E-state index in [1.165, 1.54) is 31.0 Å². The van der Waals surface area contributed by atoms with E-state index in [0.29, 0.717) is 41.0 Å². The van der Waals surface area contributed by atoms with E-state index in [1.54, 1.807) is 31.4 Å². The molecule has 0 radical (unpaired) electrons. The highest BCUT2D eigenvalue weighted by atomic mass is 32.2. The molecule has 0 unspecified atom stereocenters. The van der Waals surface area contributed by atoms with Gasteiger partial charge in [-0.05, 0) is 92.7 Å². The predicted molar refractivity (Wildman–Crippen MR) is 146 cm³/mol. The molecular weight excluding hydrogens is 498 g/mol. The number of methoxy groups -OCH3 is 1. The largest absolute Gasteiger partial charge is 0.497 e. The van der Waals surface area contributed by atoms with Crippen LogP contribution in [0.15, 0.2) is 59.8 Å². The number of anilines is 1. The van der Waals surface area contributed by atoms with Gasteiger partial charge in [0.15, 0.2) is 11.0 Å². The van der Waals surface area contributed by atoms with Gasteiger partial charge in [0, 0.05) is 16.8 Å². The second kappa shape index (κ2) is 10.4. The first kappa shape index (κ1) is 25.0. The molecule has 0 aliphatic heterocycles. The van der Waals surface area contributed by atoms with Crippen molar-refractivity contribution >= 4 is 29.3 Å². The summed E-state index contributed by atoms with van der Waals surface area (Å²) in [4.78, 5) is 26.2. The number of aromatic nitrogens is 3. The third-order valence-corrected chi connectivity index (χ3v) is 9.28. The average molecular weight is 532 g/mol. The second-order valence-electron chi connectivity index (χ2n) is 11.0. The quantitative estimate of drug-likeness (QED) is 0.384. The number of hydrogen-bond donors (Lipinski definition) is 2. The van der Waals surface area contributed by atoms with Crippen molar-refractivity contribution in [3.8, 4) is 11.4 Å². The number of carbonyl (C=O) groups is 2. The maximum atomic E-state index is 13.5. The molecule has 198 valence electrons. The van der Waals surface area contributed by atoms with Gasteiger partial charge in [0.25, 0.3) is 0 Å². The zero-order valence-corrected chi connectivity index (χ0v) is 22.4. The molecule has 4 aliphatic carbocycles. The molecule has 2 aromatic carbocycles. The summed E-state index contributed by atoms with van der Waals surface area (Å²) in [5.74, 6) is 3.75. The van der Waals surface area contributed by atoms with Gasteiger partial charge in [-0.1, -0.05) is 30.0 Å². The van der Waals surface area contributed by atoms with Gasteiger partial charge < -0.3 is 15.4 Å². The normalized spacial score (nSPS) is 25.2. The molecule has 1 aromatic heterocycles. The lowest BCUT2D eigenvalue weighted by molar-refractivity contribution is -0.146. The fourth-order valence-corrected chi connectivity index (χ4v) is 7.85. The summed E-state index contributed by atoms with van der Waals surface area (Å²) < 4.78 is 7.11. The molecule has 3 aromatic rings. The highest BCUT2D eigenvalue weighted by Crippen LogP contribution is 2.60. The first-order valence-corrected chi connectivity index (χ1v) is 14.3. The first-order valence-electron chi connectivity index (χ1n) is 13.4. The van der Waals surface area contributed by atoms with Crippen molar-refractivity contribution in [1.82, 2.24) is 20.1 Å². The monoisotopic (exact) mass is 531 g/mol. The summed E-state index contributed by atoms with van der Waals surface area (Å²) >= 11 is 1.32. The van der Waals surface area contributed by atoms with E-state index in [0.717, 1.165) is 30.7 Å². The second-order valence-corrected chi connectivity index (χ2v) is 12.0. The average Bonchev–Trinajstić information content (AvgIpc) is 3.33. The summed E-state index contributed by atoms with van der Waals surface area (Å²) in [5.41, 5.74) is 1.40. The number of nitrogens with zero attached hydrogens (tertiary/aromatic N) is 3. The van der Waals surface area contributed by atoms with Gasteiger partial charge in [-0.2, -0.15) is 0 Å². The molecule has 7 rings (SSSR count). The minimum Gasteiger partial charge on any atom is -0.497 e. The van der Waals surface area contributed by atoms with Gasteiger partial charge in [-0.25, -0.2) is 0 Å². The highest BCUT2D eigenvalue weighted by Gasteiger charge is 2.54. The molecule has 0 saturated heterocycles. The molecule has 2 amide bonds. The van der Waals surface area contributed by atoms with Crippen LogP contribution >= 0.6 is 11.8 Å². The molecule has 8 nitrogen and oxygen atoms in total. The molecule has 2 N–H and O–H groups in total. The topological polar surface area (TPSA) is 98.1 Å². The molecule has 9 heteroatoms. The summed E-state index contributed by atoms with van der Waals surface area (Å²) in [7, 11) is 1.61. The van der Waals surface area contributed by atoms with Crippen LogP contribution < -0.4 is 15.4 Å². The molecule has 0 spiro atoms. The van der Waals surface area contributed by atoms with Crippen LogP contribution in [0.4, 0.5) is 5.69 Å². The van der Waals surface area contributed by atoms with Crippen LogP contribution in [-0.2, 0) is 16.1 Å². The number of benzene rings is 2. The zero-order valence-electron chi connectivity index (χ0n) is 21.6. The Balaban J connectivity index is 1.14. The van der Waals surface area contributed by atoms with E-state index >= 15 is 0 Å². The molecule has 4 aliphatic rings. The van der Waals surface area contributed by atoms with E-state index < -0.39 is 0 Å². The SMILES string of the molecule is COc1ccc(NC(=O)CSc2nnc(CNC(=O)C34CC5CC(CC(C5)C3)C4)n2-c2ccccc2)cc1. The highest BCUT2D eigenvalue weighted by molar-refractivity contribution is 7.99. The van der Waals surface area contributed by atoms with Crippen molar-refractivity contribution in [2.75, 3.05) is 18.2 Å². The van der Waals surface area contributed by atoms with E-state index in [1.807, 2.05) is 34.9 Å². The van der Waals surface area contributed by atoms with Gasteiger partial charge in [0.05, 0.1) is 19.4 Å². The number of ether oxygens (including phenoxy) is 1. The van der Waals surface area contributed by atoms with Crippen molar-refractivity contribution in [2.45, 2.75) is 50.2 Å². The number of nitrogens with one attached hydrogen (secondary N) is 2. The Morgan fingerprint density at radius 3 is 2.26 bits per heavy atom. The molecular formula is C29H33N5O3S. The van der Waals surface area contributed by atoms with E-state index in [-0.39, 0.29) is 23.0 Å². The van der Waals surface area contributed by atoms with Crippen molar-refractivity contribution in [1.29, 1.82) is 0 Å². The molecule has 4 saturated carbocycles. The van der Waals surface area contributed by atoms with Crippen molar-refractivity contribution < 1.29 is 14.3 Å². The number of hydrogen-bond acceptors (Lipinski definition) is 6. The van der Waals surface area contributed by atoms with Crippen LogP contribution in [0.25, 0.3) is 5.69 Å². The summed E-state index contributed by atoms with van der Waals surface area (Å²) in [6.07, 6.45) is 7.01. The third kappa shape index (κ3) is 5.04. The van der Waals surface area contributed by atoms with E-state index in [9.17, 15) is 9.59 Å². The van der Waals surface area contributed by atoms with Gasteiger partial charge in [-0.3, -0.25) is 14.2 Å². The Morgan fingerprint density at radius 1 is 0.974 bits per heavy atom. The lowest BCUT2D eigenvalue weighted by atomic mass is 9.49. The Kier molecular flexibility index (Phi) is 6.86. The van der Waals surface area contributed by atoms with Crippen LogP contribution in [-0.4, -0.2) is 39.4 Å². The molecule has 4 bridgehead atoms. The Hall–Kier alpha value is -3.33. The maximum Gasteiger partial charge on any atom is 0.234 e. The van der Waals surface area contributed by atoms with E-state index in [4.69, 9.17) is 4.74 Å². The Bertz CT molecular complexity index is 1270. The number of thioether (sulfide) groups is 1. The predicted octanol–water partition coefficient (Wildman–Crippen LogP) is 4.84. The summed E-state index contributed by atoms with van der Waals surface area (Å²) in [5, 5.41) is 15.6. The Morgan fingerprint density at radius 2 is 1.63 bits per heavy atom. The Labute approximate surface area is 226 Å². The van der Waals surface area contributed by atoms with Gasteiger partial charge in [0.1, 0.15) is 5.75 Å². The number of para-hydroxylation sites is 1. The van der Waals surface area contributed by atoms with E-state index in [2.05, 4.69) is 20.8 Å². The standard InChI is InChI=1S/C29H33N5O3S/c1-37-24-9-7-22(8-10-24)31-26(35)18-38-28-33-32-25(34(28)23-5-3-2-4-6-23)17-30-27(36)29-14-19-11-20(15-29)13-21(12-19)16-29/h2-10,19-21H,11-18H2,1H3,(H,30,36)(H,31,35). The lowest BCUT2D eigenvalue weighted by Gasteiger charge is -2.55. The van der Waals surface area contributed by atoms with Gasteiger partial charge in [0.2, 0.25) is 11.8 Å². The number of rotatable bonds is 9. The number of amides is 2. The van der Waals surface area contributed by atoms with Crippen molar-refractivity contribution in [3.05, 3.63) is 60.4 Å². The summed E-state index contributed by atoms with van der Waals surface area (Å²) in [6, 6.07) is 17.0. The van der Waals surface area contributed by atoms with Crippen LogP contribution in [0.5, 0.6) is 5.75 Å². The molecule has 1 heterocycles. The van der Waals surface area contributed by atoms with Crippen molar-refractivity contribution in [3.63, 3.8) is 0 Å². The fourth-order valence-electron chi connectivity index (χ4n) is 7.08. The summed E-state index contributed by atoms with van der Waals surface area (Å²) in [6.45, 7) is 0.307. The smallest absolute Gasteiger partial charge is 0.234 e. The minimum atomic E-state index is -0.205. The fraction of sp³-hybridized carbons (Fsp3) is 0.448. The van der Waals surface area contributed by atoms with Gasteiger partial charge in [-0.15, -0.1) is 10.2 Å². The van der Waals surface area contributed by atoms with Gasteiger partial charge >= 0.3 is 0 Å². The van der Waals surface area contributed by atoms with Crippen LogP contribution in [0.2, 0.25) is 0 Å². The lowest BCUT2D eigenvalue weighted by Crippen LogP contribution is -2.53. The third-order valence-electron chi connectivity index (χ3n) is 8.35. The molecule has 4 fully saturated rings. The molecule has 38 heavy (non-hydrogen) atoms. The van der Waals surface area contributed by atoms with Crippen LogP contribution in [0, 0.1) is 23.2 Å². The maximum absolute atomic E-state index is 13.5. The molecule has 0 atom stereocenters. The zero-order chi connectivity index (χ0) is 26.1. The van der Waals surface area contributed by atoms with Crippen LogP contribution in [0.3, 0.4) is 0 Å². The minimum absolute atomic E-state index is 0.139. The van der Waals surface area contributed by atoms with Crippen LogP contribution in [0.1, 0.15) is 44.3 Å². The first-order chi connectivity index (χ1) is 18.5. The van der Waals surface area contributed by atoms with Crippen molar-refractivity contribution in [2.24, 2.45) is 23.2 Å².